The molecule has 6 nitrogen and oxygen atoms in total. The molecule has 0 spiro atoms. The Hall–Kier alpha value is -2.94. The van der Waals surface area contributed by atoms with E-state index >= 15 is 0 Å². The number of hydrogen-bond acceptors (Lipinski definition) is 4. The van der Waals surface area contributed by atoms with Gasteiger partial charge in [0.25, 0.3) is 0 Å². The molecule has 0 aliphatic carbocycles. The molecule has 0 saturated heterocycles. The van der Waals surface area contributed by atoms with E-state index in [0.717, 1.165) is 34.6 Å². The summed E-state index contributed by atoms with van der Waals surface area (Å²) in [6.07, 6.45) is -1.51. The zero-order valence-electron chi connectivity index (χ0n) is 15.4. The second-order valence-corrected chi connectivity index (χ2v) is 7.01. The standard InChI is InChI=1S/C19H19F3N6/c1-11(2)12-5-16-15(24-7-12)6-14(25-16)8-23-9-18-27-26-17-4-3-13(10-28(17)18)19(20,21)22/h3-7,10-11,23,25H,8-9H2,1-2H3. The van der Waals surface area contributed by atoms with Gasteiger partial charge >= 0.3 is 6.18 Å². The molecule has 4 aromatic heterocycles. The predicted molar refractivity (Wildman–Crippen MR) is 98.7 cm³/mol. The van der Waals surface area contributed by atoms with Crippen LogP contribution < -0.4 is 5.32 Å². The van der Waals surface area contributed by atoms with Gasteiger partial charge in [-0.15, -0.1) is 10.2 Å². The maximum atomic E-state index is 12.9. The van der Waals surface area contributed by atoms with Gasteiger partial charge in [-0.25, -0.2) is 0 Å². The first-order valence-electron chi connectivity index (χ1n) is 8.90. The maximum absolute atomic E-state index is 12.9. The Morgan fingerprint density at radius 1 is 1.14 bits per heavy atom. The number of H-pyrrole nitrogens is 1. The average molecular weight is 388 g/mol. The maximum Gasteiger partial charge on any atom is 0.417 e. The van der Waals surface area contributed by atoms with Gasteiger partial charge < -0.3 is 10.3 Å². The Labute approximate surface area is 158 Å². The second kappa shape index (κ2) is 6.90. The highest BCUT2D eigenvalue weighted by atomic mass is 19.4. The summed E-state index contributed by atoms with van der Waals surface area (Å²) in [5.41, 5.74) is 3.58. The van der Waals surface area contributed by atoms with Crippen LogP contribution in [0.15, 0.2) is 36.7 Å². The monoisotopic (exact) mass is 388 g/mol. The second-order valence-electron chi connectivity index (χ2n) is 7.01. The van der Waals surface area contributed by atoms with Crippen LogP contribution in [0.4, 0.5) is 13.2 Å². The highest BCUT2D eigenvalue weighted by Crippen LogP contribution is 2.29. The van der Waals surface area contributed by atoms with Crippen LogP contribution in [-0.4, -0.2) is 24.6 Å². The van der Waals surface area contributed by atoms with Gasteiger partial charge in [-0.05, 0) is 35.7 Å². The average Bonchev–Trinajstić information content (AvgIpc) is 3.23. The molecule has 0 aromatic carbocycles. The number of halogens is 3. The lowest BCUT2D eigenvalue weighted by Crippen LogP contribution is -2.15. The molecular weight excluding hydrogens is 369 g/mol. The lowest BCUT2D eigenvalue weighted by Gasteiger charge is -2.07. The van der Waals surface area contributed by atoms with Gasteiger partial charge in [0.1, 0.15) is 0 Å². The zero-order chi connectivity index (χ0) is 19.9. The summed E-state index contributed by atoms with van der Waals surface area (Å²) >= 11 is 0. The molecule has 0 atom stereocenters. The van der Waals surface area contributed by atoms with Crippen molar-refractivity contribution in [1.82, 2.24) is 29.9 Å². The SMILES string of the molecule is CC(C)c1cnc2cc(CNCc3nnc4ccc(C(F)(F)F)cn34)[nH]c2c1. The lowest BCUT2D eigenvalue weighted by molar-refractivity contribution is -0.137. The minimum atomic E-state index is -4.41. The third-order valence-electron chi connectivity index (χ3n) is 4.61. The molecule has 4 aromatic rings. The Bertz CT molecular complexity index is 1130. The number of aromatic nitrogens is 5. The summed E-state index contributed by atoms with van der Waals surface area (Å²) in [6.45, 7) is 5.01. The van der Waals surface area contributed by atoms with E-state index in [-0.39, 0.29) is 6.54 Å². The largest absolute Gasteiger partial charge is 0.417 e. The number of pyridine rings is 2. The third kappa shape index (κ3) is 3.57. The van der Waals surface area contributed by atoms with Gasteiger partial charge in [-0.1, -0.05) is 13.8 Å². The number of rotatable bonds is 5. The molecule has 0 unspecified atom stereocenters. The van der Waals surface area contributed by atoms with Gasteiger partial charge in [0.2, 0.25) is 0 Å². The summed E-state index contributed by atoms with van der Waals surface area (Å²) in [5.74, 6) is 0.807. The summed E-state index contributed by atoms with van der Waals surface area (Å²) in [6, 6.07) is 6.36. The molecule has 0 saturated carbocycles. The topological polar surface area (TPSA) is 70.9 Å². The fourth-order valence-corrected chi connectivity index (χ4v) is 3.03. The highest BCUT2D eigenvalue weighted by Gasteiger charge is 2.31. The summed E-state index contributed by atoms with van der Waals surface area (Å²) in [5, 5.41) is 11.1. The lowest BCUT2D eigenvalue weighted by atomic mass is 10.1. The van der Waals surface area contributed by atoms with Crippen molar-refractivity contribution in [2.24, 2.45) is 0 Å². The molecule has 4 rings (SSSR count). The first-order valence-corrected chi connectivity index (χ1v) is 8.90. The van der Waals surface area contributed by atoms with Crippen LogP contribution in [0.2, 0.25) is 0 Å². The van der Waals surface area contributed by atoms with Crippen molar-refractivity contribution in [1.29, 1.82) is 0 Å². The normalized spacial score (nSPS) is 12.5. The van der Waals surface area contributed by atoms with Crippen molar-refractivity contribution in [3.63, 3.8) is 0 Å². The van der Waals surface area contributed by atoms with Crippen molar-refractivity contribution in [3.8, 4) is 0 Å². The molecule has 4 heterocycles. The Kier molecular flexibility index (Phi) is 4.54. The van der Waals surface area contributed by atoms with E-state index in [1.165, 1.54) is 10.5 Å². The van der Waals surface area contributed by atoms with Gasteiger partial charge in [0, 0.05) is 24.6 Å². The van der Waals surface area contributed by atoms with Crippen molar-refractivity contribution in [3.05, 3.63) is 59.3 Å². The van der Waals surface area contributed by atoms with E-state index in [0.29, 0.717) is 23.9 Å². The fourth-order valence-electron chi connectivity index (χ4n) is 3.03. The molecule has 146 valence electrons. The number of nitrogens with one attached hydrogen (secondary N) is 2. The fraction of sp³-hybridized carbons (Fsp3) is 0.316. The Balaban J connectivity index is 1.48. The van der Waals surface area contributed by atoms with Gasteiger partial charge in [0.05, 0.1) is 23.1 Å². The van der Waals surface area contributed by atoms with E-state index in [9.17, 15) is 13.2 Å². The van der Waals surface area contributed by atoms with Crippen LogP contribution in [-0.2, 0) is 19.3 Å². The van der Waals surface area contributed by atoms with Gasteiger partial charge in [-0.3, -0.25) is 9.38 Å². The van der Waals surface area contributed by atoms with Crippen LogP contribution in [0.5, 0.6) is 0 Å². The van der Waals surface area contributed by atoms with E-state index in [1.54, 1.807) is 0 Å². The Morgan fingerprint density at radius 3 is 2.71 bits per heavy atom. The van der Waals surface area contributed by atoms with E-state index in [1.807, 2.05) is 12.3 Å². The Morgan fingerprint density at radius 2 is 1.96 bits per heavy atom. The molecule has 0 radical (unpaired) electrons. The van der Waals surface area contributed by atoms with Crippen LogP contribution in [0.1, 0.15) is 42.4 Å². The number of aromatic amines is 1. The minimum absolute atomic E-state index is 0.280. The van der Waals surface area contributed by atoms with Crippen LogP contribution in [0, 0.1) is 0 Å². The first kappa shape index (κ1) is 18.4. The first-order chi connectivity index (χ1) is 13.3. The van der Waals surface area contributed by atoms with E-state index in [2.05, 4.69) is 45.4 Å². The molecule has 0 bridgehead atoms. The van der Waals surface area contributed by atoms with Crippen molar-refractivity contribution in [2.75, 3.05) is 0 Å². The summed E-state index contributed by atoms with van der Waals surface area (Å²) < 4.78 is 40.1. The predicted octanol–water partition coefficient (Wildman–Crippen LogP) is 4.04. The molecule has 0 fully saturated rings. The van der Waals surface area contributed by atoms with Gasteiger partial charge in [-0.2, -0.15) is 13.2 Å². The molecule has 2 N–H and O–H groups in total. The van der Waals surface area contributed by atoms with Gasteiger partial charge in [0.15, 0.2) is 11.5 Å². The molecule has 9 heteroatoms. The van der Waals surface area contributed by atoms with Crippen molar-refractivity contribution >= 4 is 16.7 Å². The number of alkyl halides is 3. The zero-order valence-corrected chi connectivity index (χ0v) is 15.4. The molecule has 0 aliphatic heterocycles. The third-order valence-corrected chi connectivity index (χ3v) is 4.61. The molecule has 28 heavy (non-hydrogen) atoms. The number of nitrogens with zero attached hydrogens (tertiary/aromatic N) is 4. The van der Waals surface area contributed by atoms with Crippen molar-refractivity contribution in [2.45, 2.75) is 39.0 Å². The van der Waals surface area contributed by atoms with E-state index in [4.69, 9.17) is 0 Å². The summed E-state index contributed by atoms with van der Waals surface area (Å²) in [4.78, 5) is 7.78. The molecule has 0 amide bonds. The van der Waals surface area contributed by atoms with Crippen LogP contribution in [0.3, 0.4) is 0 Å². The summed E-state index contributed by atoms with van der Waals surface area (Å²) in [7, 11) is 0. The van der Waals surface area contributed by atoms with Crippen molar-refractivity contribution < 1.29 is 13.2 Å². The minimum Gasteiger partial charge on any atom is -0.356 e. The number of hydrogen-bond donors (Lipinski definition) is 2. The molecular formula is C19H19F3N6. The number of fused-ring (bicyclic) bond motifs is 2. The van der Waals surface area contributed by atoms with Crippen LogP contribution >= 0.6 is 0 Å². The quantitative estimate of drug-likeness (QED) is 0.541. The van der Waals surface area contributed by atoms with E-state index < -0.39 is 11.7 Å². The molecule has 0 aliphatic rings. The van der Waals surface area contributed by atoms with Crippen LogP contribution in [0.25, 0.3) is 16.7 Å². The highest BCUT2D eigenvalue weighted by molar-refractivity contribution is 5.76. The smallest absolute Gasteiger partial charge is 0.356 e.